The van der Waals surface area contributed by atoms with Gasteiger partial charge >= 0.3 is 6.09 Å². The van der Waals surface area contributed by atoms with Gasteiger partial charge < -0.3 is 9.64 Å². The van der Waals surface area contributed by atoms with Gasteiger partial charge in [-0.1, -0.05) is 29.8 Å². The number of likely N-dealkylation sites (tertiary alicyclic amines) is 1. The largest absolute Gasteiger partial charge is 0.453 e. The molecule has 0 unspecified atom stereocenters. The SMILES string of the molecule is COC(=O)N1CCC[C@H](NS(C)(=O)=O)[C@@H]1Cc1cccc(C)c1. The van der Waals surface area contributed by atoms with Crippen molar-refractivity contribution in [1.82, 2.24) is 9.62 Å². The van der Waals surface area contributed by atoms with Crippen LogP contribution in [0.25, 0.3) is 0 Å². The van der Waals surface area contributed by atoms with Crippen LogP contribution in [0.4, 0.5) is 4.79 Å². The molecule has 1 aliphatic rings. The van der Waals surface area contributed by atoms with E-state index in [4.69, 9.17) is 4.74 Å². The maximum atomic E-state index is 12.1. The van der Waals surface area contributed by atoms with Crippen molar-refractivity contribution in [2.75, 3.05) is 19.9 Å². The van der Waals surface area contributed by atoms with Crippen LogP contribution in [-0.2, 0) is 21.2 Å². The Morgan fingerprint density at radius 2 is 2.17 bits per heavy atom. The van der Waals surface area contributed by atoms with Gasteiger partial charge in [-0.3, -0.25) is 0 Å². The first-order valence-electron chi connectivity index (χ1n) is 7.67. The Kier molecular flexibility index (Phi) is 5.64. The molecule has 0 aromatic heterocycles. The van der Waals surface area contributed by atoms with E-state index in [0.717, 1.165) is 23.8 Å². The summed E-state index contributed by atoms with van der Waals surface area (Å²) in [7, 11) is -1.99. The van der Waals surface area contributed by atoms with E-state index < -0.39 is 16.1 Å². The normalized spacial score (nSPS) is 22.0. The van der Waals surface area contributed by atoms with Crippen LogP contribution in [0.15, 0.2) is 24.3 Å². The van der Waals surface area contributed by atoms with E-state index in [1.807, 2.05) is 25.1 Å². The Labute approximate surface area is 137 Å². The number of aryl methyl sites for hydroxylation is 1. The summed E-state index contributed by atoms with van der Waals surface area (Å²) in [5, 5.41) is 0. The highest BCUT2D eigenvalue weighted by molar-refractivity contribution is 7.88. The number of benzene rings is 1. The number of nitrogens with zero attached hydrogens (tertiary/aromatic N) is 1. The minimum atomic E-state index is -3.34. The lowest BCUT2D eigenvalue weighted by atomic mass is 9.91. The molecule has 6 nitrogen and oxygen atoms in total. The van der Waals surface area contributed by atoms with Gasteiger partial charge in [-0.05, 0) is 31.7 Å². The van der Waals surface area contributed by atoms with E-state index in [0.29, 0.717) is 19.4 Å². The summed E-state index contributed by atoms with van der Waals surface area (Å²) in [6, 6.07) is 7.46. The minimum Gasteiger partial charge on any atom is -0.453 e. The van der Waals surface area contributed by atoms with Crippen LogP contribution in [0.3, 0.4) is 0 Å². The molecular weight excluding hydrogens is 316 g/mol. The Balaban J connectivity index is 2.28. The highest BCUT2D eigenvalue weighted by Gasteiger charge is 2.36. The second-order valence-electron chi connectivity index (χ2n) is 6.06. The third-order valence-corrected chi connectivity index (χ3v) is 4.81. The van der Waals surface area contributed by atoms with Gasteiger partial charge in [-0.25, -0.2) is 17.9 Å². The van der Waals surface area contributed by atoms with Crippen molar-refractivity contribution in [1.29, 1.82) is 0 Å². The molecule has 1 amide bonds. The molecule has 0 saturated carbocycles. The lowest BCUT2D eigenvalue weighted by Gasteiger charge is -2.40. The molecule has 1 saturated heterocycles. The number of methoxy groups -OCH3 is 1. The topological polar surface area (TPSA) is 75.7 Å². The third-order valence-electron chi connectivity index (χ3n) is 4.08. The summed E-state index contributed by atoms with van der Waals surface area (Å²) < 4.78 is 30.8. The Morgan fingerprint density at radius 3 is 2.78 bits per heavy atom. The number of nitrogens with one attached hydrogen (secondary N) is 1. The predicted molar refractivity (Wildman–Crippen MR) is 88.8 cm³/mol. The number of carbonyl (C=O) groups excluding carboxylic acids is 1. The number of sulfonamides is 1. The Hall–Kier alpha value is -1.60. The Bertz CT molecular complexity index is 660. The second kappa shape index (κ2) is 7.31. The molecule has 0 spiro atoms. The summed E-state index contributed by atoms with van der Waals surface area (Å²) in [6.45, 7) is 2.58. The molecule has 1 N–H and O–H groups in total. The van der Waals surface area contributed by atoms with Gasteiger partial charge in [0.25, 0.3) is 0 Å². The summed E-state index contributed by atoms with van der Waals surface area (Å²) in [5.74, 6) is 0. The first-order chi connectivity index (χ1) is 10.8. The smallest absolute Gasteiger partial charge is 0.409 e. The van der Waals surface area contributed by atoms with Gasteiger partial charge in [-0.2, -0.15) is 0 Å². The quantitative estimate of drug-likeness (QED) is 0.905. The summed E-state index contributed by atoms with van der Waals surface area (Å²) in [6.07, 6.45) is 2.77. The number of hydrogen-bond acceptors (Lipinski definition) is 4. The molecule has 7 heteroatoms. The fourth-order valence-corrected chi connectivity index (χ4v) is 3.97. The number of amides is 1. The van der Waals surface area contributed by atoms with E-state index in [9.17, 15) is 13.2 Å². The zero-order valence-electron chi connectivity index (χ0n) is 13.8. The van der Waals surface area contributed by atoms with Crippen LogP contribution >= 0.6 is 0 Å². The van der Waals surface area contributed by atoms with Gasteiger partial charge in [0, 0.05) is 12.6 Å². The average Bonchev–Trinajstić information content (AvgIpc) is 2.47. The molecule has 2 atom stereocenters. The van der Waals surface area contributed by atoms with Crippen LogP contribution in [0.2, 0.25) is 0 Å². The number of ether oxygens (including phenoxy) is 1. The monoisotopic (exact) mass is 340 g/mol. The van der Waals surface area contributed by atoms with Gasteiger partial charge in [0.2, 0.25) is 10.0 Å². The van der Waals surface area contributed by atoms with Gasteiger partial charge in [0.05, 0.1) is 19.4 Å². The molecule has 1 aliphatic heterocycles. The van der Waals surface area contributed by atoms with Crippen LogP contribution in [-0.4, -0.2) is 51.4 Å². The first kappa shape index (κ1) is 17.7. The number of carbonyl (C=O) groups is 1. The van der Waals surface area contributed by atoms with Gasteiger partial charge in [0.1, 0.15) is 0 Å². The van der Waals surface area contributed by atoms with Crippen molar-refractivity contribution in [2.45, 2.75) is 38.3 Å². The lowest BCUT2D eigenvalue weighted by Crippen LogP contribution is -2.57. The van der Waals surface area contributed by atoms with Crippen molar-refractivity contribution in [3.05, 3.63) is 35.4 Å². The average molecular weight is 340 g/mol. The molecule has 0 bridgehead atoms. The van der Waals surface area contributed by atoms with Crippen LogP contribution in [0, 0.1) is 6.92 Å². The van der Waals surface area contributed by atoms with Gasteiger partial charge in [-0.15, -0.1) is 0 Å². The molecule has 1 heterocycles. The van der Waals surface area contributed by atoms with Crippen molar-refractivity contribution in [3.63, 3.8) is 0 Å². The van der Waals surface area contributed by atoms with Crippen molar-refractivity contribution in [3.8, 4) is 0 Å². The van der Waals surface area contributed by atoms with Crippen molar-refractivity contribution < 1.29 is 17.9 Å². The van der Waals surface area contributed by atoms with Crippen LogP contribution < -0.4 is 4.72 Å². The van der Waals surface area contributed by atoms with Crippen molar-refractivity contribution >= 4 is 16.1 Å². The molecule has 0 radical (unpaired) electrons. The molecular formula is C16H24N2O4S. The van der Waals surface area contributed by atoms with Crippen LogP contribution in [0.1, 0.15) is 24.0 Å². The van der Waals surface area contributed by atoms with E-state index in [1.54, 1.807) is 4.90 Å². The highest BCUT2D eigenvalue weighted by Crippen LogP contribution is 2.23. The molecule has 2 rings (SSSR count). The van der Waals surface area contributed by atoms with E-state index in [-0.39, 0.29) is 12.1 Å². The molecule has 1 aromatic rings. The number of piperidine rings is 1. The molecule has 1 fully saturated rings. The summed E-state index contributed by atoms with van der Waals surface area (Å²) in [5.41, 5.74) is 2.21. The molecule has 1 aromatic carbocycles. The van der Waals surface area contributed by atoms with Gasteiger partial charge in [0.15, 0.2) is 0 Å². The fourth-order valence-electron chi connectivity index (χ4n) is 3.15. The minimum absolute atomic E-state index is 0.257. The molecule has 23 heavy (non-hydrogen) atoms. The van der Waals surface area contributed by atoms with E-state index >= 15 is 0 Å². The zero-order chi connectivity index (χ0) is 17.0. The number of hydrogen-bond donors (Lipinski definition) is 1. The molecule has 0 aliphatic carbocycles. The second-order valence-corrected chi connectivity index (χ2v) is 7.84. The van der Waals surface area contributed by atoms with Crippen LogP contribution in [0.5, 0.6) is 0 Å². The lowest BCUT2D eigenvalue weighted by molar-refractivity contribution is 0.0792. The highest BCUT2D eigenvalue weighted by atomic mass is 32.2. The number of rotatable bonds is 4. The summed E-state index contributed by atoms with van der Waals surface area (Å²) in [4.78, 5) is 13.7. The zero-order valence-corrected chi connectivity index (χ0v) is 14.6. The van der Waals surface area contributed by atoms with E-state index in [2.05, 4.69) is 10.8 Å². The fraction of sp³-hybridized carbons (Fsp3) is 0.562. The standard InChI is InChI=1S/C16H24N2O4S/c1-12-6-4-7-13(10-12)11-15-14(17-23(3,20)21)8-5-9-18(15)16(19)22-2/h4,6-7,10,14-15,17H,5,8-9,11H2,1-3H3/t14-,15-/m0/s1. The first-order valence-corrected chi connectivity index (χ1v) is 9.57. The third kappa shape index (κ3) is 4.94. The predicted octanol–water partition coefficient (Wildman–Crippen LogP) is 1.69. The Morgan fingerprint density at radius 1 is 1.43 bits per heavy atom. The maximum absolute atomic E-state index is 12.1. The van der Waals surface area contributed by atoms with E-state index in [1.165, 1.54) is 7.11 Å². The molecule has 128 valence electrons. The maximum Gasteiger partial charge on any atom is 0.409 e. The summed E-state index contributed by atoms with van der Waals surface area (Å²) >= 11 is 0. The van der Waals surface area contributed by atoms with Crippen molar-refractivity contribution in [2.24, 2.45) is 0 Å².